The number of hydrogen-bond donors (Lipinski definition) is 3. The van der Waals surface area contributed by atoms with Gasteiger partial charge in [0.05, 0.1) is 11.6 Å². The van der Waals surface area contributed by atoms with E-state index >= 15 is 0 Å². The van der Waals surface area contributed by atoms with Gasteiger partial charge in [-0.2, -0.15) is 0 Å². The smallest absolute Gasteiger partial charge is 0.242 e. The lowest BCUT2D eigenvalue weighted by Gasteiger charge is -2.13. The van der Waals surface area contributed by atoms with Crippen LogP contribution in [0.4, 0.5) is 5.69 Å². The monoisotopic (exact) mass is 297 g/mol. The first-order valence-corrected chi connectivity index (χ1v) is 7.52. The Balaban J connectivity index is 2.22. The summed E-state index contributed by atoms with van der Waals surface area (Å²) >= 11 is 0. The summed E-state index contributed by atoms with van der Waals surface area (Å²) in [5.41, 5.74) is 0.200. The molecule has 1 aliphatic heterocycles. The first kappa shape index (κ1) is 14.5. The Morgan fingerprint density at radius 3 is 2.65 bits per heavy atom. The van der Waals surface area contributed by atoms with E-state index in [0.29, 0.717) is 0 Å². The van der Waals surface area contributed by atoms with Crippen molar-refractivity contribution in [2.75, 3.05) is 18.9 Å². The molecule has 0 bridgehead atoms. The molecule has 1 aliphatic rings. The molecule has 8 heteroatoms. The molecular weight excluding hydrogens is 282 g/mol. The lowest BCUT2D eigenvalue weighted by molar-refractivity contribution is -0.123. The number of nitrogens with one attached hydrogen (secondary N) is 3. The minimum Gasteiger partial charge on any atom is -0.355 e. The fourth-order valence-electron chi connectivity index (χ4n) is 1.94. The molecule has 7 nitrogen and oxygen atoms in total. The highest BCUT2D eigenvalue weighted by Crippen LogP contribution is 2.22. The van der Waals surface area contributed by atoms with Gasteiger partial charge in [0.1, 0.15) is 4.90 Å². The van der Waals surface area contributed by atoms with Gasteiger partial charge in [0.25, 0.3) is 0 Å². The molecule has 3 N–H and O–H groups in total. The Morgan fingerprint density at radius 2 is 2.05 bits per heavy atom. The van der Waals surface area contributed by atoms with E-state index in [2.05, 4.69) is 15.4 Å². The molecule has 1 saturated heterocycles. The first-order valence-electron chi connectivity index (χ1n) is 6.04. The molecule has 1 heterocycles. The summed E-state index contributed by atoms with van der Waals surface area (Å²) in [4.78, 5) is 23.1. The Morgan fingerprint density at radius 1 is 1.35 bits per heavy atom. The minimum absolute atomic E-state index is 0.00636. The van der Waals surface area contributed by atoms with Gasteiger partial charge >= 0.3 is 0 Å². The first-order chi connectivity index (χ1) is 9.44. The number of anilines is 1. The topological polar surface area (TPSA) is 104 Å². The molecule has 108 valence electrons. The Kier molecular flexibility index (Phi) is 4.05. The summed E-state index contributed by atoms with van der Waals surface area (Å²) in [5.74, 6) is -1.03. The maximum absolute atomic E-state index is 12.0. The van der Waals surface area contributed by atoms with E-state index in [0.717, 1.165) is 0 Å². The highest BCUT2D eigenvalue weighted by molar-refractivity contribution is 7.89. The van der Waals surface area contributed by atoms with Crippen LogP contribution in [0.2, 0.25) is 0 Å². The number of benzene rings is 1. The van der Waals surface area contributed by atoms with E-state index in [4.69, 9.17) is 0 Å². The van der Waals surface area contributed by atoms with Crippen LogP contribution in [0.1, 0.15) is 6.42 Å². The van der Waals surface area contributed by atoms with Gasteiger partial charge in [-0.25, -0.2) is 13.1 Å². The van der Waals surface area contributed by atoms with Crippen LogP contribution in [-0.2, 0) is 19.6 Å². The highest BCUT2D eigenvalue weighted by atomic mass is 32.2. The van der Waals surface area contributed by atoms with Crippen molar-refractivity contribution in [3.8, 4) is 0 Å². The quantitative estimate of drug-likeness (QED) is 0.707. The summed E-state index contributed by atoms with van der Waals surface area (Å²) in [6, 6.07) is 6.11. The van der Waals surface area contributed by atoms with Crippen LogP contribution >= 0.6 is 0 Å². The van der Waals surface area contributed by atoms with Crippen LogP contribution in [0.3, 0.4) is 0 Å². The van der Waals surface area contributed by atoms with E-state index < -0.39 is 15.9 Å². The average molecular weight is 297 g/mol. The van der Waals surface area contributed by atoms with Gasteiger partial charge in [0.2, 0.25) is 21.8 Å². The van der Waals surface area contributed by atoms with Gasteiger partial charge in [-0.3, -0.25) is 9.59 Å². The number of carbonyl (C=O) groups excluding carboxylic acids is 2. The molecule has 2 rings (SSSR count). The number of rotatable bonds is 4. The number of sulfonamides is 1. The van der Waals surface area contributed by atoms with E-state index in [-0.39, 0.29) is 35.4 Å². The average Bonchev–Trinajstić information content (AvgIpc) is 2.86. The summed E-state index contributed by atoms with van der Waals surface area (Å²) in [6.45, 7) is 0.269. The Bertz CT molecular complexity index is 642. The largest absolute Gasteiger partial charge is 0.355 e. The molecule has 2 amide bonds. The van der Waals surface area contributed by atoms with Crippen molar-refractivity contribution >= 4 is 27.5 Å². The van der Waals surface area contributed by atoms with Crippen LogP contribution in [0.15, 0.2) is 29.2 Å². The second-order valence-electron chi connectivity index (χ2n) is 4.40. The van der Waals surface area contributed by atoms with E-state index in [1.54, 1.807) is 12.1 Å². The Labute approximate surface area is 116 Å². The number of para-hydroxylation sites is 1. The summed E-state index contributed by atoms with van der Waals surface area (Å²) in [6.07, 6.45) is 0.118. The maximum atomic E-state index is 12.0. The molecule has 1 fully saturated rings. The third-order valence-corrected chi connectivity index (χ3v) is 4.52. The third-order valence-electron chi connectivity index (χ3n) is 3.05. The van der Waals surface area contributed by atoms with Crippen LogP contribution in [-0.4, -0.2) is 33.8 Å². The van der Waals surface area contributed by atoms with E-state index in [9.17, 15) is 18.0 Å². The van der Waals surface area contributed by atoms with E-state index in [1.165, 1.54) is 19.2 Å². The second-order valence-corrected chi connectivity index (χ2v) is 6.25. The molecule has 0 aromatic heterocycles. The van der Waals surface area contributed by atoms with Gasteiger partial charge < -0.3 is 10.6 Å². The second kappa shape index (κ2) is 5.59. The van der Waals surface area contributed by atoms with Gasteiger partial charge in [0.15, 0.2) is 0 Å². The van der Waals surface area contributed by atoms with Crippen molar-refractivity contribution in [2.24, 2.45) is 5.92 Å². The Hall–Kier alpha value is -1.93. The van der Waals surface area contributed by atoms with Crippen molar-refractivity contribution in [2.45, 2.75) is 11.3 Å². The van der Waals surface area contributed by atoms with Gasteiger partial charge in [-0.15, -0.1) is 0 Å². The summed E-state index contributed by atoms with van der Waals surface area (Å²) in [5, 5.41) is 5.13. The van der Waals surface area contributed by atoms with Crippen molar-refractivity contribution in [3.63, 3.8) is 0 Å². The molecule has 0 spiro atoms. The van der Waals surface area contributed by atoms with Crippen LogP contribution < -0.4 is 15.4 Å². The lowest BCUT2D eigenvalue weighted by atomic mass is 10.1. The van der Waals surface area contributed by atoms with Gasteiger partial charge in [0, 0.05) is 13.0 Å². The molecule has 1 unspecified atom stereocenters. The predicted octanol–water partition coefficient (Wildman–Crippen LogP) is -0.331. The normalized spacial score (nSPS) is 18.6. The molecule has 0 radical (unpaired) electrons. The molecule has 1 aromatic rings. The van der Waals surface area contributed by atoms with Crippen molar-refractivity contribution in [1.82, 2.24) is 10.0 Å². The SMILES string of the molecule is CNS(=O)(=O)c1ccccc1NC(=O)C1CNC(=O)C1. The van der Waals surface area contributed by atoms with Crippen molar-refractivity contribution < 1.29 is 18.0 Å². The maximum Gasteiger partial charge on any atom is 0.242 e. The van der Waals surface area contributed by atoms with Crippen molar-refractivity contribution in [3.05, 3.63) is 24.3 Å². The number of hydrogen-bond acceptors (Lipinski definition) is 4. The van der Waals surface area contributed by atoms with Crippen LogP contribution in [0.25, 0.3) is 0 Å². The predicted molar refractivity (Wildman–Crippen MR) is 72.4 cm³/mol. The standard InChI is InChI=1S/C12H15N3O4S/c1-13-20(18,19)10-5-3-2-4-9(10)15-12(17)8-6-11(16)14-7-8/h2-5,8,13H,6-7H2,1H3,(H,14,16)(H,15,17). The molecular formula is C12H15N3O4S. The van der Waals surface area contributed by atoms with Crippen LogP contribution in [0.5, 0.6) is 0 Å². The zero-order valence-electron chi connectivity index (χ0n) is 10.8. The zero-order chi connectivity index (χ0) is 14.8. The molecule has 1 aromatic carbocycles. The zero-order valence-corrected chi connectivity index (χ0v) is 11.7. The van der Waals surface area contributed by atoms with Crippen molar-refractivity contribution in [1.29, 1.82) is 0 Å². The molecule has 20 heavy (non-hydrogen) atoms. The number of carbonyl (C=O) groups is 2. The van der Waals surface area contributed by atoms with Crippen LogP contribution in [0, 0.1) is 5.92 Å². The fourth-order valence-corrected chi connectivity index (χ4v) is 2.83. The highest BCUT2D eigenvalue weighted by Gasteiger charge is 2.29. The molecule has 0 aliphatic carbocycles. The third kappa shape index (κ3) is 2.97. The summed E-state index contributed by atoms with van der Waals surface area (Å²) in [7, 11) is -2.36. The van der Waals surface area contributed by atoms with E-state index in [1.807, 2.05) is 0 Å². The van der Waals surface area contributed by atoms with Gasteiger partial charge in [-0.1, -0.05) is 12.1 Å². The lowest BCUT2D eigenvalue weighted by Crippen LogP contribution is -2.26. The number of amides is 2. The fraction of sp³-hybridized carbons (Fsp3) is 0.333. The van der Waals surface area contributed by atoms with Gasteiger partial charge in [-0.05, 0) is 19.2 Å². The molecule has 0 saturated carbocycles. The minimum atomic E-state index is -3.66. The summed E-state index contributed by atoms with van der Waals surface area (Å²) < 4.78 is 25.9. The molecule has 1 atom stereocenters.